The second-order valence-corrected chi connectivity index (χ2v) is 5.10. The van der Waals surface area contributed by atoms with Gasteiger partial charge in [-0.05, 0) is 52.3 Å². The number of amides is 1. The van der Waals surface area contributed by atoms with Gasteiger partial charge in [0.1, 0.15) is 5.82 Å². The summed E-state index contributed by atoms with van der Waals surface area (Å²) >= 11 is 8.96. The zero-order chi connectivity index (χ0) is 14.0. The van der Waals surface area contributed by atoms with Crippen LogP contribution in [-0.2, 0) is 0 Å². The zero-order valence-electron chi connectivity index (χ0n) is 9.58. The van der Waals surface area contributed by atoms with Crippen molar-refractivity contribution in [3.63, 3.8) is 0 Å². The molecule has 6 heteroatoms. The molecule has 0 aliphatic heterocycles. The molecule has 0 radical (unpaired) electrons. The smallest absolute Gasteiger partial charge is 0.256 e. The lowest BCUT2D eigenvalue weighted by Crippen LogP contribution is -2.14. The molecule has 2 aromatic carbocycles. The summed E-state index contributed by atoms with van der Waals surface area (Å²) in [6.45, 7) is 0. The van der Waals surface area contributed by atoms with Gasteiger partial charge in [-0.25, -0.2) is 4.39 Å². The van der Waals surface area contributed by atoms with Gasteiger partial charge in [0.15, 0.2) is 0 Å². The number of halogens is 3. The molecule has 3 nitrogen and oxygen atoms in total. The van der Waals surface area contributed by atoms with Gasteiger partial charge in [0, 0.05) is 9.50 Å². The molecule has 0 aliphatic rings. The summed E-state index contributed by atoms with van der Waals surface area (Å²) in [6, 6.07) is 8.59. The number of hydrogen-bond acceptors (Lipinski definition) is 2. The molecule has 2 aromatic rings. The van der Waals surface area contributed by atoms with Crippen LogP contribution in [0.1, 0.15) is 10.4 Å². The van der Waals surface area contributed by atoms with Crippen molar-refractivity contribution in [1.29, 1.82) is 0 Å². The number of nitrogens with two attached hydrogens (primary N) is 1. The maximum absolute atomic E-state index is 13.1. The monoisotopic (exact) mass is 342 g/mol. The standard InChI is InChI=1S/C13H9BrClFN2O/c14-10-3-2-8(16)6-9(10)13(19)18-12-4-1-7(15)5-11(12)17/h1-6H,17H2,(H,18,19). The first-order valence-electron chi connectivity index (χ1n) is 5.29. The molecule has 0 heterocycles. The third-order valence-electron chi connectivity index (χ3n) is 2.43. The van der Waals surface area contributed by atoms with E-state index in [-0.39, 0.29) is 5.56 Å². The predicted octanol–water partition coefficient (Wildman–Crippen LogP) is 4.08. The van der Waals surface area contributed by atoms with E-state index in [1.54, 1.807) is 12.1 Å². The summed E-state index contributed by atoms with van der Waals surface area (Å²) in [6.07, 6.45) is 0. The first kappa shape index (κ1) is 13.8. The molecular weight excluding hydrogens is 335 g/mol. The number of nitrogens with one attached hydrogen (secondary N) is 1. The maximum atomic E-state index is 13.1. The predicted molar refractivity (Wildman–Crippen MR) is 77.9 cm³/mol. The number of hydrogen-bond donors (Lipinski definition) is 2. The van der Waals surface area contributed by atoms with Gasteiger partial charge in [0.2, 0.25) is 0 Å². The van der Waals surface area contributed by atoms with Gasteiger partial charge < -0.3 is 11.1 Å². The van der Waals surface area contributed by atoms with E-state index in [9.17, 15) is 9.18 Å². The van der Waals surface area contributed by atoms with Crippen LogP contribution in [-0.4, -0.2) is 5.91 Å². The summed E-state index contributed by atoms with van der Waals surface area (Å²) < 4.78 is 13.6. The quantitative estimate of drug-likeness (QED) is 0.807. The molecule has 0 bridgehead atoms. The molecule has 2 rings (SSSR count). The molecule has 0 spiro atoms. The minimum Gasteiger partial charge on any atom is -0.397 e. The maximum Gasteiger partial charge on any atom is 0.256 e. The lowest BCUT2D eigenvalue weighted by molar-refractivity contribution is 0.102. The van der Waals surface area contributed by atoms with Crippen LogP contribution < -0.4 is 11.1 Å². The molecule has 0 saturated carbocycles. The highest BCUT2D eigenvalue weighted by Crippen LogP contribution is 2.25. The average Bonchev–Trinajstić information content (AvgIpc) is 2.35. The van der Waals surface area contributed by atoms with Gasteiger partial charge in [0.25, 0.3) is 5.91 Å². The molecule has 0 atom stereocenters. The first-order valence-corrected chi connectivity index (χ1v) is 6.46. The van der Waals surface area contributed by atoms with Crippen LogP contribution in [0.15, 0.2) is 40.9 Å². The second-order valence-electron chi connectivity index (χ2n) is 3.81. The summed E-state index contributed by atoms with van der Waals surface area (Å²) in [4.78, 5) is 12.0. The lowest BCUT2D eigenvalue weighted by atomic mass is 10.2. The molecule has 0 saturated heterocycles. The summed E-state index contributed by atoms with van der Waals surface area (Å²) in [5.41, 5.74) is 6.68. The van der Waals surface area contributed by atoms with E-state index in [1.165, 1.54) is 18.2 Å². The van der Waals surface area contributed by atoms with Gasteiger partial charge in [-0.1, -0.05) is 11.6 Å². The van der Waals surface area contributed by atoms with Crippen LogP contribution in [0, 0.1) is 5.82 Å². The van der Waals surface area contributed by atoms with Crippen molar-refractivity contribution in [3.8, 4) is 0 Å². The SMILES string of the molecule is Nc1cc(Cl)ccc1NC(=O)c1cc(F)ccc1Br. The molecule has 1 amide bonds. The molecule has 3 N–H and O–H groups in total. The van der Waals surface area contributed by atoms with E-state index < -0.39 is 11.7 Å². The van der Waals surface area contributed by atoms with Crippen molar-refractivity contribution in [2.75, 3.05) is 11.1 Å². The summed E-state index contributed by atoms with van der Waals surface area (Å²) in [7, 11) is 0. The Labute approximate surface area is 122 Å². The first-order chi connectivity index (χ1) is 8.97. The van der Waals surface area contributed by atoms with Crippen LogP contribution in [0.4, 0.5) is 15.8 Å². The van der Waals surface area contributed by atoms with Gasteiger partial charge in [0.05, 0.1) is 16.9 Å². The molecular formula is C13H9BrClFN2O. The highest BCUT2D eigenvalue weighted by Gasteiger charge is 2.12. The Bertz CT molecular complexity index is 649. The number of nitrogen functional groups attached to an aromatic ring is 1. The van der Waals surface area contributed by atoms with E-state index in [0.29, 0.717) is 20.9 Å². The van der Waals surface area contributed by atoms with Crippen molar-refractivity contribution in [2.24, 2.45) is 0 Å². The largest absolute Gasteiger partial charge is 0.397 e. The Morgan fingerprint density at radius 1 is 1.26 bits per heavy atom. The van der Waals surface area contributed by atoms with Crippen LogP contribution in [0.25, 0.3) is 0 Å². The van der Waals surface area contributed by atoms with Crippen LogP contribution >= 0.6 is 27.5 Å². The van der Waals surface area contributed by atoms with E-state index in [0.717, 1.165) is 6.07 Å². The Balaban J connectivity index is 2.28. The van der Waals surface area contributed by atoms with Crippen molar-refractivity contribution in [1.82, 2.24) is 0 Å². The van der Waals surface area contributed by atoms with Crippen LogP contribution in [0.3, 0.4) is 0 Å². The van der Waals surface area contributed by atoms with E-state index >= 15 is 0 Å². The Hall–Kier alpha value is -1.59. The highest BCUT2D eigenvalue weighted by molar-refractivity contribution is 9.10. The fraction of sp³-hybridized carbons (Fsp3) is 0. The number of carbonyl (C=O) groups is 1. The van der Waals surface area contributed by atoms with Crippen molar-refractivity contribution in [2.45, 2.75) is 0 Å². The lowest BCUT2D eigenvalue weighted by Gasteiger charge is -2.09. The molecule has 0 aliphatic carbocycles. The van der Waals surface area contributed by atoms with E-state index in [4.69, 9.17) is 17.3 Å². The third-order valence-corrected chi connectivity index (χ3v) is 3.36. The van der Waals surface area contributed by atoms with Gasteiger partial charge >= 0.3 is 0 Å². The second kappa shape index (κ2) is 5.59. The molecule has 0 aromatic heterocycles. The van der Waals surface area contributed by atoms with Gasteiger partial charge in [-0.3, -0.25) is 4.79 Å². The highest BCUT2D eigenvalue weighted by atomic mass is 79.9. The molecule has 0 fully saturated rings. The summed E-state index contributed by atoms with van der Waals surface area (Å²) in [5.74, 6) is -0.946. The number of rotatable bonds is 2. The summed E-state index contributed by atoms with van der Waals surface area (Å²) in [5, 5.41) is 3.08. The Kier molecular flexibility index (Phi) is 4.07. The zero-order valence-corrected chi connectivity index (χ0v) is 11.9. The number of carbonyl (C=O) groups excluding carboxylic acids is 1. The fourth-order valence-corrected chi connectivity index (χ4v) is 2.12. The molecule has 19 heavy (non-hydrogen) atoms. The average molecular weight is 344 g/mol. The normalized spacial score (nSPS) is 10.3. The fourth-order valence-electron chi connectivity index (χ4n) is 1.51. The van der Waals surface area contributed by atoms with Crippen LogP contribution in [0.5, 0.6) is 0 Å². The minimum atomic E-state index is -0.488. The third kappa shape index (κ3) is 3.24. The van der Waals surface area contributed by atoms with E-state index in [2.05, 4.69) is 21.2 Å². The van der Waals surface area contributed by atoms with E-state index in [1.807, 2.05) is 0 Å². The van der Waals surface area contributed by atoms with Gasteiger partial charge in [-0.15, -0.1) is 0 Å². The molecule has 98 valence electrons. The topological polar surface area (TPSA) is 55.1 Å². The Morgan fingerprint density at radius 2 is 2.00 bits per heavy atom. The Morgan fingerprint density at radius 3 is 2.68 bits per heavy atom. The number of benzene rings is 2. The van der Waals surface area contributed by atoms with Crippen LogP contribution in [0.2, 0.25) is 5.02 Å². The number of anilines is 2. The van der Waals surface area contributed by atoms with Crippen molar-refractivity contribution < 1.29 is 9.18 Å². The molecule has 0 unspecified atom stereocenters. The van der Waals surface area contributed by atoms with Gasteiger partial charge in [-0.2, -0.15) is 0 Å². The van der Waals surface area contributed by atoms with Crippen molar-refractivity contribution >= 4 is 44.8 Å². The minimum absolute atomic E-state index is 0.189. The van der Waals surface area contributed by atoms with Crippen molar-refractivity contribution in [3.05, 3.63) is 57.3 Å².